The highest BCUT2D eigenvalue weighted by molar-refractivity contribution is 5.49. The molecule has 1 aliphatic heterocycles. The number of hydrogen-bond donors (Lipinski definition) is 0. The van der Waals surface area contributed by atoms with E-state index in [-0.39, 0.29) is 0 Å². The van der Waals surface area contributed by atoms with Crippen LogP contribution in [0, 0.1) is 0 Å². The summed E-state index contributed by atoms with van der Waals surface area (Å²) in [4.78, 5) is 2.54. The van der Waals surface area contributed by atoms with Gasteiger partial charge >= 0.3 is 0 Å². The smallest absolute Gasteiger partial charge is 0.0253 e. The van der Waals surface area contributed by atoms with Gasteiger partial charge in [-0.1, -0.05) is 42.5 Å². The Kier molecular flexibility index (Phi) is 3.57. The average molecular weight is 201 g/mol. The van der Waals surface area contributed by atoms with E-state index in [1.54, 1.807) is 0 Å². The summed E-state index contributed by atoms with van der Waals surface area (Å²) in [5, 5.41) is 0. The highest BCUT2D eigenvalue weighted by Crippen LogP contribution is 2.13. The highest BCUT2D eigenvalue weighted by Gasteiger charge is 2.15. The molecule has 0 aromatic heterocycles. The number of nitrogens with zero attached hydrogens (tertiary/aromatic N) is 1. The first-order valence-electron chi connectivity index (χ1n) is 5.83. The van der Waals surface area contributed by atoms with Gasteiger partial charge in [-0.05, 0) is 38.4 Å². The van der Waals surface area contributed by atoms with Crippen LogP contribution in [0.4, 0.5) is 0 Å². The van der Waals surface area contributed by atoms with Gasteiger partial charge in [0.15, 0.2) is 0 Å². The molecule has 1 fully saturated rings. The minimum absolute atomic E-state index is 0.577. The summed E-state index contributed by atoms with van der Waals surface area (Å²) in [6.45, 7) is 4.81. The Morgan fingerprint density at radius 2 is 1.80 bits per heavy atom. The second-order valence-electron chi connectivity index (χ2n) is 4.25. The molecule has 2 rings (SSSR count). The van der Waals surface area contributed by atoms with Crippen LogP contribution in [0.5, 0.6) is 0 Å². The molecule has 1 unspecified atom stereocenters. The fourth-order valence-corrected chi connectivity index (χ4v) is 2.09. The fourth-order valence-electron chi connectivity index (χ4n) is 2.09. The van der Waals surface area contributed by atoms with Crippen LogP contribution in [0.2, 0.25) is 0 Å². The van der Waals surface area contributed by atoms with E-state index in [1.165, 1.54) is 31.5 Å². The van der Waals surface area contributed by atoms with Crippen molar-refractivity contribution in [2.75, 3.05) is 13.1 Å². The molecule has 1 aromatic carbocycles. The number of benzene rings is 1. The minimum atomic E-state index is 0.577. The van der Waals surface area contributed by atoms with E-state index >= 15 is 0 Å². The first-order valence-corrected chi connectivity index (χ1v) is 5.83. The predicted octanol–water partition coefficient (Wildman–Crippen LogP) is 3.18. The Labute approximate surface area is 92.4 Å². The standard InChI is InChI=1S/C14H19N/c1-13(15-11-5-6-12-15)9-10-14-7-3-2-4-8-14/h2-4,7-10,13H,5-6,11-12H2,1H3/b10-9+. The number of likely N-dealkylation sites (tertiary alicyclic amines) is 1. The Bertz CT molecular complexity index is 309. The first kappa shape index (κ1) is 10.4. The van der Waals surface area contributed by atoms with Crippen molar-refractivity contribution in [1.29, 1.82) is 0 Å². The van der Waals surface area contributed by atoms with Gasteiger partial charge in [0.25, 0.3) is 0 Å². The van der Waals surface area contributed by atoms with E-state index in [2.05, 4.69) is 54.3 Å². The predicted molar refractivity (Wildman–Crippen MR) is 65.7 cm³/mol. The summed E-state index contributed by atoms with van der Waals surface area (Å²) in [6.07, 6.45) is 7.26. The van der Waals surface area contributed by atoms with Crippen LogP contribution in [-0.2, 0) is 0 Å². The van der Waals surface area contributed by atoms with Crippen LogP contribution in [0.15, 0.2) is 36.4 Å². The third-order valence-corrected chi connectivity index (χ3v) is 3.08. The molecule has 80 valence electrons. The lowest BCUT2D eigenvalue weighted by Crippen LogP contribution is -2.28. The van der Waals surface area contributed by atoms with E-state index in [0.29, 0.717) is 6.04 Å². The fraction of sp³-hybridized carbons (Fsp3) is 0.429. The van der Waals surface area contributed by atoms with E-state index in [9.17, 15) is 0 Å². The zero-order valence-corrected chi connectivity index (χ0v) is 9.39. The molecule has 15 heavy (non-hydrogen) atoms. The van der Waals surface area contributed by atoms with Gasteiger partial charge in [-0.2, -0.15) is 0 Å². The molecule has 1 saturated heterocycles. The molecule has 0 radical (unpaired) electrons. The molecule has 0 amide bonds. The van der Waals surface area contributed by atoms with Gasteiger partial charge in [-0.3, -0.25) is 4.90 Å². The van der Waals surface area contributed by atoms with E-state index in [0.717, 1.165) is 0 Å². The van der Waals surface area contributed by atoms with Crippen molar-refractivity contribution in [2.45, 2.75) is 25.8 Å². The van der Waals surface area contributed by atoms with Crippen LogP contribution in [0.25, 0.3) is 6.08 Å². The normalized spacial score (nSPS) is 19.8. The summed E-state index contributed by atoms with van der Waals surface area (Å²) in [5.74, 6) is 0. The molecule has 1 heterocycles. The maximum Gasteiger partial charge on any atom is 0.0253 e. The van der Waals surface area contributed by atoms with Gasteiger partial charge in [0, 0.05) is 6.04 Å². The molecule has 1 heteroatoms. The summed E-state index contributed by atoms with van der Waals surface area (Å²) in [5.41, 5.74) is 1.29. The molecule has 0 N–H and O–H groups in total. The van der Waals surface area contributed by atoms with Crippen molar-refractivity contribution in [1.82, 2.24) is 4.90 Å². The van der Waals surface area contributed by atoms with Crippen molar-refractivity contribution in [3.8, 4) is 0 Å². The monoisotopic (exact) mass is 201 g/mol. The zero-order valence-electron chi connectivity index (χ0n) is 9.39. The first-order chi connectivity index (χ1) is 7.36. The third-order valence-electron chi connectivity index (χ3n) is 3.08. The average Bonchev–Trinajstić information content (AvgIpc) is 2.81. The molecule has 1 aromatic rings. The Hall–Kier alpha value is -1.08. The molecule has 0 aliphatic carbocycles. The molecule has 1 aliphatic rings. The van der Waals surface area contributed by atoms with Crippen molar-refractivity contribution in [3.05, 3.63) is 42.0 Å². The summed E-state index contributed by atoms with van der Waals surface area (Å²) in [6, 6.07) is 11.1. The third kappa shape index (κ3) is 2.93. The van der Waals surface area contributed by atoms with Crippen molar-refractivity contribution >= 4 is 6.08 Å². The van der Waals surface area contributed by atoms with E-state index in [1.807, 2.05) is 0 Å². The van der Waals surface area contributed by atoms with Crippen molar-refractivity contribution < 1.29 is 0 Å². The van der Waals surface area contributed by atoms with Gasteiger partial charge in [0.05, 0.1) is 0 Å². The van der Waals surface area contributed by atoms with Gasteiger partial charge in [0.1, 0.15) is 0 Å². The lowest BCUT2D eigenvalue weighted by molar-refractivity contribution is 0.301. The molecule has 1 nitrogen and oxygen atoms in total. The maximum absolute atomic E-state index is 2.54. The zero-order chi connectivity index (χ0) is 10.5. The van der Waals surface area contributed by atoms with Crippen LogP contribution >= 0.6 is 0 Å². The molecule has 0 spiro atoms. The Morgan fingerprint density at radius 1 is 1.13 bits per heavy atom. The molecular formula is C14H19N. The SMILES string of the molecule is CC(/C=C/c1ccccc1)N1CCCC1. The summed E-state index contributed by atoms with van der Waals surface area (Å²) < 4.78 is 0. The van der Waals surface area contributed by atoms with Crippen LogP contribution < -0.4 is 0 Å². The molecule has 0 saturated carbocycles. The summed E-state index contributed by atoms with van der Waals surface area (Å²) >= 11 is 0. The van der Waals surface area contributed by atoms with E-state index in [4.69, 9.17) is 0 Å². The Balaban J connectivity index is 1.93. The van der Waals surface area contributed by atoms with E-state index < -0.39 is 0 Å². The molecule has 1 atom stereocenters. The number of hydrogen-bond acceptors (Lipinski definition) is 1. The maximum atomic E-state index is 2.54. The lowest BCUT2D eigenvalue weighted by Gasteiger charge is -2.20. The second kappa shape index (κ2) is 5.13. The summed E-state index contributed by atoms with van der Waals surface area (Å²) in [7, 11) is 0. The van der Waals surface area contributed by atoms with Gasteiger partial charge in [0.2, 0.25) is 0 Å². The highest BCUT2D eigenvalue weighted by atomic mass is 15.2. The topological polar surface area (TPSA) is 3.24 Å². The second-order valence-corrected chi connectivity index (χ2v) is 4.25. The number of rotatable bonds is 3. The van der Waals surface area contributed by atoms with Crippen LogP contribution in [0.3, 0.4) is 0 Å². The van der Waals surface area contributed by atoms with Crippen molar-refractivity contribution in [2.24, 2.45) is 0 Å². The lowest BCUT2D eigenvalue weighted by atomic mass is 10.2. The van der Waals surface area contributed by atoms with Gasteiger partial charge in [-0.25, -0.2) is 0 Å². The van der Waals surface area contributed by atoms with Gasteiger partial charge in [-0.15, -0.1) is 0 Å². The Morgan fingerprint density at radius 3 is 2.47 bits per heavy atom. The van der Waals surface area contributed by atoms with Gasteiger partial charge < -0.3 is 0 Å². The minimum Gasteiger partial charge on any atom is -0.297 e. The van der Waals surface area contributed by atoms with Crippen LogP contribution in [-0.4, -0.2) is 24.0 Å². The molecular weight excluding hydrogens is 182 g/mol. The quantitative estimate of drug-likeness (QED) is 0.726. The van der Waals surface area contributed by atoms with Crippen LogP contribution in [0.1, 0.15) is 25.3 Å². The largest absolute Gasteiger partial charge is 0.297 e. The molecule has 0 bridgehead atoms. The van der Waals surface area contributed by atoms with Crippen molar-refractivity contribution in [3.63, 3.8) is 0 Å².